The van der Waals surface area contributed by atoms with Crippen molar-refractivity contribution < 1.29 is 19.4 Å². The lowest BCUT2D eigenvalue weighted by molar-refractivity contribution is -0.118. The number of carbonyl (C=O) groups excluding carboxylic acids is 1. The van der Waals surface area contributed by atoms with Gasteiger partial charge >= 0.3 is 5.97 Å². The predicted octanol–water partition coefficient (Wildman–Crippen LogP) is 3.39. The van der Waals surface area contributed by atoms with Crippen LogP contribution >= 0.6 is 23.1 Å². The highest BCUT2D eigenvalue weighted by Crippen LogP contribution is 2.26. The molecule has 0 aliphatic carbocycles. The summed E-state index contributed by atoms with van der Waals surface area (Å²) in [6, 6.07) is 6.32. The van der Waals surface area contributed by atoms with Gasteiger partial charge in [-0.05, 0) is 30.7 Å². The number of hydrogen-bond donors (Lipinski definition) is 2. The molecule has 0 spiro atoms. The van der Waals surface area contributed by atoms with E-state index in [1.54, 1.807) is 23.9 Å². The number of hydrogen-bond acceptors (Lipinski definition) is 7. The van der Waals surface area contributed by atoms with Crippen molar-refractivity contribution in [2.75, 3.05) is 17.7 Å². The maximum Gasteiger partial charge on any atom is 0.335 e. The summed E-state index contributed by atoms with van der Waals surface area (Å²) in [6.45, 7) is 4.16. The van der Waals surface area contributed by atoms with Gasteiger partial charge in [0.25, 0.3) is 0 Å². The van der Waals surface area contributed by atoms with Crippen LogP contribution in [-0.4, -0.2) is 39.5 Å². The number of nitrogens with zero attached hydrogens (tertiary/aromatic N) is 2. The number of benzene rings is 1. The monoisotopic (exact) mass is 381 g/mol. The van der Waals surface area contributed by atoms with Gasteiger partial charge in [0, 0.05) is 11.7 Å². The van der Waals surface area contributed by atoms with E-state index in [0.717, 1.165) is 16.5 Å². The molecule has 134 valence electrons. The maximum absolute atomic E-state index is 11.6. The predicted molar refractivity (Wildman–Crippen MR) is 97.6 cm³/mol. The Kier molecular flexibility index (Phi) is 7.20. The van der Waals surface area contributed by atoms with Crippen LogP contribution in [0.15, 0.2) is 28.6 Å². The van der Waals surface area contributed by atoms with Crippen molar-refractivity contribution in [3.05, 3.63) is 29.8 Å². The molecule has 1 amide bonds. The number of rotatable bonds is 9. The number of nitrogens with one attached hydrogen (secondary N) is 1. The van der Waals surface area contributed by atoms with Gasteiger partial charge in [-0.1, -0.05) is 36.9 Å². The van der Waals surface area contributed by atoms with Crippen LogP contribution in [0.4, 0.5) is 5.13 Å². The molecule has 2 aromatic rings. The molecular weight excluding hydrogens is 362 g/mol. The fraction of sp³-hybridized carbons (Fsp3) is 0.375. The summed E-state index contributed by atoms with van der Waals surface area (Å²) in [7, 11) is 0. The highest BCUT2D eigenvalue weighted by atomic mass is 32.2. The molecule has 0 saturated heterocycles. The minimum absolute atomic E-state index is 0.0741. The number of amides is 1. The Balaban J connectivity index is 1.67. The van der Waals surface area contributed by atoms with Crippen molar-refractivity contribution in [2.24, 2.45) is 5.92 Å². The van der Waals surface area contributed by atoms with Crippen molar-refractivity contribution in [3.63, 3.8) is 0 Å². The van der Waals surface area contributed by atoms with Crippen LogP contribution < -0.4 is 10.1 Å². The Morgan fingerprint density at radius 1 is 1.28 bits per heavy atom. The first-order valence-electron chi connectivity index (χ1n) is 7.69. The normalized spacial score (nSPS) is 10.7. The Morgan fingerprint density at radius 2 is 2.00 bits per heavy atom. The van der Waals surface area contributed by atoms with Crippen LogP contribution in [0.3, 0.4) is 0 Å². The van der Waals surface area contributed by atoms with Gasteiger partial charge in [0.05, 0.1) is 12.2 Å². The highest BCUT2D eigenvalue weighted by Gasteiger charge is 2.11. The van der Waals surface area contributed by atoms with Crippen LogP contribution in [0.1, 0.15) is 30.6 Å². The van der Waals surface area contributed by atoms with E-state index in [4.69, 9.17) is 9.84 Å². The third-order valence-electron chi connectivity index (χ3n) is 3.05. The van der Waals surface area contributed by atoms with Gasteiger partial charge in [-0.3, -0.25) is 4.79 Å². The van der Waals surface area contributed by atoms with Crippen molar-refractivity contribution >= 4 is 40.1 Å². The summed E-state index contributed by atoms with van der Waals surface area (Å²) in [5, 5.41) is 20.0. The summed E-state index contributed by atoms with van der Waals surface area (Å²) in [5.74, 6) is 0.324. The third kappa shape index (κ3) is 6.35. The second kappa shape index (κ2) is 9.38. The van der Waals surface area contributed by atoms with Gasteiger partial charge in [0.15, 0.2) is 4.34 Å². The van der Waals surface area contributed by atoms with Crippen LogP contribution in [0.2, 0.25) is 0 Å². The molecule has 2 rings (SSSR count). The summed E-state index contributed by atoms with van der Waals surface area (Å²) >= 11 is 2.90. The van der Waals surface area contributed by atoms with Crippen LogP contribution in [0.5, 0.6) is 5.75 Å². The average molecular weight is 381 g/mol. The van der Waals surface area contributed by atoms with E-state index in [1.807, 2.05) is 13.8 Å². The number of aromatic nitrogens is 2. The highest BCUT2D eigenvalue weighted by molar-refractivity contribution is 8.01. The molecule has 0 unspecified atom stereocenters. The van der Waals surface area contributed by atoms with E-state index < -0.39 is 5.97 Å². The zero-order chi connectivity index (χ0) is 18.2. The van der Waals surface area contributed by atoms with Crippen LogP contribution in [0, 0.1) is 5.92 Å². The summed E-state index contributed by atoms with van der Waals surface area (Å²) in [6.07, 6.45) is 0.804. The zero-order valence-electron chi connectivity index (χ0n) is 13.9. The molecule has 0 fully saturated rings. The fourth-order valence-corrected chi connectivity index (χ4v) is 3.41. The SMILES string of the molecule is CC(C)C(=O)Nc1nnc(SCCCOc2ccc(C(=O)O)cc2)s1. The number of thioether (sulfide) groups is 1. The van der Waals surface area contributed by atoms with Crippen molar-refractivity contribution in [2.45, 2.75) is 24.6 Å². The summed E-state index contributed by atoms with van der Waals surface area (Å²) < 4.78 is 6.36. The first-order chi connectivity index (χ1) is 12.0. The second-order valence-corrected chi connectivity index (χ2v) is 7.72. The van der Waals surface area contributed by atoms with E-state index in [0.29, 0.717) is 17.5 Å². The average Bonchev–Trinajstić information content (AvgIpc) is 3.02. The first kappa shape index (κ1) is 19.2. The van der Waals surface area contributed by atoms with Crippen LogP contribution in [-0.2, 0) is 4.79 Å². The van der Waals surface area contributed by atoms with Gasteiger partial charge in [-0.2, -0.15) is 0 Å². The molecule has 0 aliphatic rings. The smallest absolute Gasteiger partial charge is 0.335 e. The molecule has 1 heterocycles. The third-order valence-corrected chi connectivity index (χ3v) is 5.10. The Labute approximate surface area is 153 Å². The quantitative estimate of drug-likeness (QED) is 0.390. The minimum Gasteiger partial charge on any atom is -0.494 e. The first-order valence-corrected chi connectivity index (χ1v) is 9.49. The topological polar surface area (TPSA) is 101 Å². The zero-order valence-corrected chi connectivity index (χ0v) is 15.5. The standard InChI is InChI=1S/C16H19N3O4S2/c1-10(2)13(20)17-15-18-19-16(25-15)24-9-3-8-23-12-6-4-11(5-7-12)14(21)22/h4-7,10H,3,8-9H2,1-2H3,(H,21,22)(H,17,18,20). The molecule has 2 N–H and O–H groups in total. The molecule has 0 saturated carbocycles. The Bertz CT molecular complexity index is 716. The van der Waals surface area contributed by atoms with Gasteiger partial charge in [0.2, 0.25) is 11.0 Å². The lowest BCUT2D eigenvalue weighted by Gasteiger charge is -2.05. The maximum atomic E-state index is 11.6. The fourth-order valence-electron chi connectivity index (χ4n) is 1.67. The Morgan fingerprint density at radius 3 is 2.64 bits per heavy atom. The summed E-state index contributed by atoms with van der Waals surface area (Å²) in [4.78, 5) is 22.3. The molecule has 1 aromatic heterocycles. The van der Waals surface area contributed by atoms with Crippen LogP contribution in [0.25, 0.3) is 0 Å². The molecular formula is C16H19N3O4S2. The number of carboxylic acids is 1. The van der Waals surface area contributed by atoms with E-state index in [2.05, 4.69) is 15.5 Å². The van der Waals surface area contributed by atoms with E-state index >= 15 is 0 Å². The molecule has 25 heavy (non-hydrogen) atoms. The van der Waals surface area contributed by atoms with E-state index in [1.165, 1.54) is 23.5 Å². The van der Waals surface area contributed by atoms with Crippen molar-refractivity contribution in [1.82, 2.24) is 10.2 Å². The molecule has 0 atom stereocenters. The number of anilines is 1. The van der Waals surface area contributed by atoms with Gasteiger partial charge in [0.1, 0.15) is 5.75 Å². The molecule has 7 nitrogen and oxygen atoms in total. The largest absolute Gasteiger partial charge is 0.494 e. The van der Waals surface area contributed by atoms with Crippen molar-refractivity contribution in [1.29, 1.82) is 0 Å². The van der Waals surface area contributed by atoms with Gasteiger partial charge in [-0.15, -0.1) is 10.2 Å². The lowest BCUT2D eigenvalue weighted by atomic mass is 10.2. The van der Waals surface area contributed by atoms with E-state index in [9.17, 15) is 9.59 Å². The summed E-state index contributed by atoms with van der Waals surface area (Å²) in [5.41, 5.74) is 0.236. The van der Waals surface area contributed by atoms with E-state index in [-0.39, 0.29) is 17.4 Å². The number of carbonyl (C=O) groups is 2. The minimum atomic E-state index is -0.955. The number of ether oxygens (including phenoxy) is 1. The van der Waals surface area contributed by atoms with Crippen molar-refractivity contribution in [3.8, 4) is 5.75 Å². The number of aromatic carboxylic acids is 1. The Hall–Kier alpha value is -2.13. The molecule has 0 radical (unpaired) electrons. The van der Waals surface area contributed by atoms with Gasteiger partial charge < -0.3 is 15.2 Å². The molecule has 0 bridgehead atoms. The van der Waals surface area contributed by atoms with Gasteiger partial charge in [-0.25, -0.2) is 4.79 Å². The molecule has 0 aliphatic heterocycles. The molecule has 9 heteroatoms. The number of carboxylic acid groups (broad SMARTS) is 1. The second-order valence-electron chi connectivity index (χ2n) is 5.40. The lowest BCUT2D eigenvalue weighted by Crippen LogP contribution is -2.17. The molecule has 1 aromatic carbocycles.